The Hall–Kier alpha value is -6.38. The van der Waals surface area contributed by atoms with Gasteiger partial charge in [-0.2, -0.15) is 0 Å². The lowest BCUT2D eigenvalue weighted by molar-refractivity contribution is 1.18. The number of rotatable bonds is 3. The molecule has 2 heteroatoms. The van der Waals surface area contributed by atoms with Crippen molar-refractivity contribution in [3.8, 4) is 33.6 Å². The lowest BCUT2D eigenvalue weighted by Gasteiger charge is -2.17. The van der Waals surface area contributed by atoms with Crippen LogP contribution < -0.4 is 0 Å². The molecule has 1 aromatic heterocycles. The van der Waals surface area contributed by atoms with Crippen molar-refractivity contribution in [2.75, 3.05) is 0 Å². The fourth-order valence-corrected chi connectivity index (χ4v) is 7.71. The third kappa shape index (κ3) is 4.80. The van der Waals surface area contributed by atoms with Crippen LogP contribution >= 0.6 is 0 Å². The Labute approximate surface area is 291 Å². The fourth-order valence-electron chi connectivity index (χ4n) is 7.71. The molecule has 0 N–H and O–H groups in total. The summed E-state index contributed by atoms with van der Waals surface area (Å²) in [6.07, 6.45) is 3.64. The van der Waals surface area contributed by atoms with Crippen LogP contribution in [-0.4, -0.2) is 9.97 Å². The second-order valence-electron chi connectivity index (χ2n) is 12.6. The number of fused-ring (bicyclic) bond motifs is 7. The van der Waals surface area contributed by atoms with Crippen molar-refractivity contribution in [3.05, 3.63) is 170 Å². The summed E-state index contributed by atoms with van der Waals surface area (Å²) in [6, 6.07) is 57.5. The molecule has 9 aromatic carbocycles. The zero-order chi connectivity index (χ0) is 33.6. The molecular formula is C48H34N2. The Morgan fingerprint density at radius 1 is 0.320 bits per heavy atom. The number of hydrogen-bond acceptors (Lipinski definition) is 2. The molecule has 0 fully saturated rings. The summed E-state index contributed by atoms with van der Waals surface area (Å²) in [4.78, 5) is 9.32. The molecule has 0 spiro atoms. The van der Waals surface area contributed by atoms with Gasteiger partial charge in [-0.25, -0.2) is 9.97 Å². The molecule has 0 saturated carbocycles. The van der Waals surface area contributed by atoms with Gasteiger partial charge in [-0.05, 0) is 117 Å². The summed E-state index contributed by atoms with van der Waals surface area (Å²) in [5, 5.41) is 14.8. The van der Waals surface area contributed by atoms with Gasteiger partial charge in [-0.1, -0.05) is 141 Å². The van der Waals surface area contributed by atoms with Crippen LogP contribution in [0.25, 0.3) is 98.3 Å². The first-order chi connectivity index (χ1) is 24.8. The van der Waals surface area contributed by atoms with Crippen LogP contribution in [0.2, 0.25) is 0 Å². The van der Waals surface area contributed by atoms with E-state index in [0.717, 1.165) is 22.2 Å². The standard InChI is InChI=1S/C46H28N2.C2H6/c1-2-10-30-28-43-34(25-29(30)9-1)21-22-38-36(15-7-16-37(38)43)33-19-17-32-27-35(20-18-31(32)26-33)44-39-11-3-5-13-41(39)45(46-47-23-8-24-48-46)42-14-6-4-12-40(42)44;1-2/h1-28H;1-2H3. The maximum absolute atomic E-state index is 4.66. The lowest BCUT2D eigenvalue weighted by atomic mass is 9.87. The third-order valence-electron chi connectivity index (χ3n) is 9.90. The van der Waals surface area contributed by atoms with E-state index >= 15 is 0 Å². The van der Waals surface area contributed by atoms with Crippen LogP contribution in [0.1, 0.15) is 13.8 Å². The Morgan fingerprint density at radius 2 is 0.840 bits per heavy atom. The predicted molar refractivity (Wildman–Crippen MR) is 215 cm³/mol. The maximum atomic E-state index is 4.66. The van der Waals surface area contributed by atoms with E-state index in [9.17, 15) is 0 Å². The Bertz CT molecular complexity index is 2830. The highest BCUT2D eigenvalue weighted by atomic mass is 14.9. The van der Waals surface area contributed by atoms with Crippen molar-refractivity contribution in [2.24, 2.45) is 0 Å². The van der Waals surface area contributed by atoms with Crippen molar-refractivity contribution in [1.29, 1.82) is 0 Å². The number of aromatic nitrogens is 2. The van der Waals surface area contributed by atoms with Crippen molar-refractivity contribution < 1.29 is 0 Å². The highest BCUT2D eigenvalue weighted by molar-refractivity contribution is 6.21. The number of hydrogen-bond donors (Lipinski definition) is 0. The van der Waals surface area contributed by atoms with E-state index in [2.05, 4.69) is 162 Å². The molecule has 50 heavy (non-hydrogen) atoms. The average Bonchev–Trinajstić information content (AvgIpc) is 3.19. The molecule has 10 aromatic rings. The molecule has 0 atom stereocenters. The summed E-state index contributed by atoms with van der Waals surface area (Å²) in [6.45, 7) is 4.00. The monoisotopic (exact) mass is 638 g/mol. The summed E-state index contributed by atoms with van der Waals surface area (Å²) in [5.74, 6) is 0.747. The molecule has 2 nitrogen and oxygen atoms in total. The van der Waals surface area contributed by atoms with Gasteiger partial charge in [0.25, 0.3) is 0 Å². The SMILES string of the molecule is CC.c1cnc(-c2c3ccccc3c(-c3ccc4cc(-c5cccc6c5ccc5cc7ccccc7cc56)ccc4c3)c3ccccc23)nc1. The van der Waals surface area contributed by atoms with E-state index in [1.807, 2.05) is 32.3 Å². The molecule has 0 amide bonds. The molecule has 0 radical (unpaired) electrons. The minimum absolute atomic E-state index is 0.747. The van der Waals surface area contributed by atoms with E-state index < -0.39 is 0 Å². The summed E-state index contributed by atoms with van der Waals surface area (Å²) in [5.41, 5.74) is 5.99. The van der Waals surface area contributed by atoms with E-state index in [-0.39, 0.29) is 0 Å². The van der Waals surface area contributed by atoms with Crippen LogP contribution in [0.3, 0.4) is 0 Å². The largest absolute Gasteiger partial charge is 0.237 e. The van der Waals surface area contributed by atoms with Gasteiger partial charge in [0, 0.05) is 18.0 Å². The van der Waals surface area contributed by atoms with Gasteiger partial charge >= 0.3 is 0 Å². The van der Waals surface area contributed by atoms with E-state index in [1.165, 1.54) is 76.1 Å². The number of benzene rings is 9. The second-order valence-corrected chi connectivity index (χ2v) is 12.6. The highest BCUT2D eigenvalue weighted by Gasteiger charge is 2.18. The molecule has 10 rings (SSSR count). The minimum atomic E-state index is 0.747. The van der Waals surface area contributed by atoms with E-state index in [1.54, 1.807) is 0 Å². The maximum Gasteiger partial charge on any atom is 0.160 e. The first-order valence-corrected chi connectivity index (χ1v) is 17.4. The van der Waals surface area contributed by atoms with Crippen LogP contribution in [0.4, 0.5) is 0 Å². The van der Waals surface area contributed by atoms with E-state index in [4.69, 9.17) is 0 Å². The van der Waals surface area contributed by atoms with Gasteiger partial charge < -0.3 is 0 Å². The minimum Gasteiger partial charge on any atom is -0.237 e. The molecule has 0 aliphatic heterocycles. The summed E-state index contributed by atoms with van der Waals surface area (Å²) < 4.78 is 0. The van der Waals surface area contributed by atoms with Gasteiger partial charge in [0.05, 0.1) is 0 Å². The summed E-state index contributed by atoms with van der Waals surface area (Å²) >= 11 is 0. The fraction of sp³-hybridized carbons (Fsp3) is 0.0417. The average molecular weight is 639 g/mol. The van der Waals surface area contributed by atoms with Crippen LogP contribution in [0, 0.1) is 0 Å². The normalized spacial score (nSPS) is 11.4. The molecule has 0 aliphatic rings. The quantitative estimate of drug-likeness (QED) is 0.142. The van der Waals surface area contributed by atoms with Crippen molar-refractivity contribution in [2.45, 2.75) is 13.8 Å². The van der Waals surface area contributed by atoms with Crippen LogP contribution in [0.5, 0.6) is 0 Å². The lowest BCUT2D eigenvalue weighted by Crippen LogP contribution is -1.94. The molecule has 0 unspecified atom stereocenters. The molecule has 236 valence electrons. The van der Waals surface area contributed by atoms with Gasteiger partial charge in [0.2, 0.25) is 0 Å². The molecule has 0 saturated heterocycles. The molecule has 0 aliphatic carbocycles. The molecular weight excluding hydrogens is 605 g/mol. The van der Waals surface area contributed by atoms with Gasteiger partial charge in [0.1, 0.15) is 0 Å². The molecule has 1 heterocycles. The van der Waals surface area contributed by atoms with Crippen molar-refractivity contribution in [3.63, 3.8) is 0 Å². The van der Waals surface area contributed by atoms with Crippen LogP contribution in [0.15, 0.2) is 170 Å². The van der Waals surface area contributed by atoms with Gasteiger partial charge in [-0.3, -0.25) is 0 Å². The van der Waals surface area contributed by atoms with Crippen molar-refractivity contribution >= 4 is 64.6 Å². The Balaban J connectivity index is 0.00000165. The topological polar surface area (TPSA) is 25.8 Å². The predicted octanol–water partition coefficient (Wildman–Crippen LogP) is 13.4. The van der Waals surface area contributed by atoms with Gasteiger partial charge in [0.15, 0.2) is 5.82 Å². The third-order valence-corrected chi connectivity index (χ3v) is 9.90. The molecule has 0 bridgehead atoms. The highest BCUT2D eigenvalue weighted by Crippen LogP contribution is 2.43. The van der Waals surface area contributed by atoms with Crippen molar-refractivity contribution in [1.82, 2.24) is 9.97 Å². The smallest absolute Gasteiger partial charge is 0.160 e. The van der Waals surface area contributed by atoms with E-state index in [0.29, 0.717) is 0 Å². The summed E-state index contributed by atoms with van der Waals surface area (Å²) in [7, 11) is 0. The van der Waals surface area contributed by atoms with Crippen LogP contribution in [-0.2, 0) is 0 Å². The number of nitrogens with zero attached hydrogens (tertiary/aromatic N) is 2. The second kappa shape index (κ2) is 12.3. The van der Waals surface area contributed by atoms with Gasteiger partial charge in [-0.15, -0.1) is 0 Å². The Morgan fingerprint density at radius 3 is 1.52 bits per heavy atom. The zero-order valence-corrected chi connectivity index (χ0v) is 28.1. The first kappa shape index (κ1) is 29.7. The Kier molecular flexibility index (Phi) is 7.29. The first-order valence-electron chi connectivity index (χ1n) is 17.4. The zero-order valence-electron chi connectivity index (χ0n) is 28.1.